The van der Waals surface area contributed by atoms with Gasteiger partial charge in [-0.25, -0.2) is 9.37 Å². The van der Waals surface area contributed by atoms with Gasteiger partial charge in [0.15, 0.2) is 5.58 Å². The van der Waals surface area contributed by atoms with Gasteiger partial charge in [0.1, 0.15) is 16.9 Å². The summed E-state index contributed by atoms with van der Waals surface area (Å²) < 4.78 is 23.0. The van der Waals surface area contributed by atoms with Gasteiger partial charge in [-0.05, 0) is 37.1 Å². The van der Waals surface area contributed by atoms with Crippen LogP contribution in [-0.2, 0) is 0 Å². The van der Waals surface area contributed by atoms with E-state index in [-0.39, 0.29) is 17.1 Å². The number of halogens is 1. The van der Waals surface area contributed by atoms with Crippen LogP contribution in [0.25, 0.3) is 33.5 Å². The number of hydrogen-bond donors (Lipinski definition) is 1. The SMILES string of the molecule is O=c1c(-c2nc3ccccc3o2)cn(C2CC2)c2cc(N3CCNCC3)c(F)cc12. The van der Waals surface area contributed by atoms with Crippen molar-refractivity contribution >= 4 is 27.7 Å². The summed E-state index contributed by atoms with van der Waals surface area (Å²) in [7, 11) is 0. The molecule has 7 heteroatoms. The van der Waals surface area contributed by atoms with Crippen molar-refractivity contribution in [2.45, 2.75) is 18.9 Å². The number of aromatic nitrogens is 2. The summed E-state index contributed by atoms with van der Waals surface area (Å²) >= 11 is 0. The first kappa shape index (κ1) is 17.7. The van der Waals surface area contributed by atoms with Gasteiger partial charge in [-0.1, -0.05) is 12.1 Å². The molecule has 4 aromatic rings. The van der Waals surface area contributed by atoms with E-state index in [0.29, 0.717) is 33.8 Å². The minimum Gasteiger partial charge on any atom is -0.436 e. The van der Waals surface area contributed by atoms with Crippen LogP contribution in [-0.4, -0.2) is 35.7 Å². The zero-order valence-corrected chi connectivity index (χ0v) is 16.4. The van der Waals surface area contributed by atoms with Crippen LogP contribution in [0.3, 0.4) is 0 Å². The molecular formula is C23H21FN4O2. The summed E-state index contributed by atoms with van der Waals surface area (Å²) in [5.74, 6) is -0.0809. The summed E-state index contributed by atoms with van der Waals surface area (Å²) in [6, 6.07) is 11.0. The molecular weight excluding hydrogens is 383 g/mol. The molecule has 30 heavy (non-hydrogen) atoms. The van der Waals surface area contributed by atoms with Crippen LogP contribution in [0.4, 0.5) is 10.1 Å². The molecule has 1 N–H and O–H groups in total. The maximum absolute atomic E-state index is 15.1. The van der Waals surface area contributed by atoms with E-state index < -0.39 is 0 Å². The molecule has 3 heterocycles. The van der Waals surface area contributed by atoms with Gasteiger partial charge in [-0.2, -0.15) is 0 Å². The monoisotopic (exact) mass is 404 g/mol. The van der Waals surface area contributed by atoms with Crippen LogP contribution in [0.1, 0.15) is 18.9 Å². The highest BCUT2D eigenvalue weighted by atomic mass is 19.1. The molecule has 0 bridgehead atoms. The minimum atomic E-state index is -0.362. The zero-order valence-electron chi connectivity index (χ0n) is 16.4. The number of pyridine rings is 1. The zero-order chi connectivity index (χ0) is 20.2. The van der Waals surface area contributed by atoms with Crippen LogP contribution in [0, 0.1) is 5.82 Å². The number of hydrogen-bond acceptors (Lipinski definition) is 5. The average molecular weight is 404 g/mol. The third-order valence-corrected chi connectivity index (χ3v) is 6.02. The number of nitrogens with one attached hydrogen (secondary N) is 1. The molecule has 0 spiro atoms. The number of oxazole rings is 1. The molecule has 0 amide bonds. The molecule has 1 aliphatic carbocycles. The van der Waals surface area contributed by atoms with E-state index >= 15 is 4.39 Å². The number of para-hydroxylation sites is 2. The van der Waals surface area contributed by atoms with Crippen LogP contribution in [0.2, 0.25) is 0 Å². The molecule has 6 rings (SSSR count). The second-order valence-corrected chi connectivity index (χ2v) is 8.05. The molecule has 2 aromatic heterocycles. The molecule has 1 aliphatic heterocycles. The highest BCUT2D eigenvalue weighted by Crippen LogP contribution is 2.39. The fourth-order valence-electron chi connectivity index (χ4n) is 4.30. The van der Waals surface area contributed by atoms with Gasteiger partial charge in [0, 0.05) is 43.8 Å². The van der Waals surface area contributed by atoms with Gasteiger partial charge in [0.05, 0.1) is 11.2 Å². The lowest BCUT2D eigenvalue weighted by molar-refractivity contribution is 0.567. The molecule has 0 unspecified atom stereocenters. The Hall–Kier alpha value is -3.19. The van der Waals surface area contributed by atoms with Crippen molar-refractivity contribution in [3.05, 3.63) is 58.6 Å². The summed E-state index contributed by atoms with van der Waals surface area (Å²) in [5, 5.41) is 3.66. The topological polar surface area (TPSA) is 63.3 Å². The van der Waals surface area contributed by atoms with Gasteiger partial charge in [-0.15, -0.1) is 0 Å². The van der Waals surface area contributed by atoms with Gasteiger partial charge in [0.25, 0.3) is 0 Å². The number of piperazine rings is 1. The highest BCUT2D eigenvalue weighted by Gasteiger charge is 2.28. The Morgan fingerprint density at radius 3 is 2.70 bits per heavy atom. The van der Waals surface area contributed by atoms with Gasteiger partial charge in [-0.3, -0.25) is 4.79 Å². The number of benzene rings is 2. The number of fused-ring (bicyclic) bond motifs is 2. The maximum Gasteiger partial charge on any atom is 0.232 e. The quantitative estimate of drug-likeness (QED) is 0.564. The third-order valence-electron chi connectivity index (χ3n) is 6.02. The summed E-state index contributed by atoms with van der Waals surface area (Å²) in [4.78, 5) is 19.9. The lowest BCUT2D eigenvalue weighted by Crippen LogP contribution is -2.43. The van der Waals surface area contributed by atoms with Crippen LogP contribution in [0.5, 0.6) is 0 Å². The molecule has 1 saturated carbocycles. The van der Waals surface area contributed by atoms with E-state index in [1.165, 1.54) is 6.07 Å². The second-order valence-electron chi connectivity index (χ2n) is 8.05. The Kier molecular flexibility index (Phi) is 3.92. The smallest absolute Gasteiger partial charge is 0.232 e. The summed E-state index contributed by atoms with van der Waals surface area (Å²) in [6.45, 7) is 3.14. The lowest BCUT2D eigenvalue weighted by atomic mass is 10.1. The van der Waals surface area contributed by atoms with E-state index in [1.807, 2.05) is 41.4 Å². The van der Waals surface area contributed by atoms with Crippen molar-refractivity contribution in [1.82, 2.24) is 14.9 Å². The molecule has 6 nitrogen and oxygen atoms in total. The molecule has 2 aliphatic rings. The first-order valence-corrected chi connectivity index (χ1v) is 10.4. The van der Waals surface area contributed by atoms with Gasteiger partial charge in [0.2, 0.25) is 11.3 Å². The standard InChI is InChI=1S/C23H21FN4O2/c24-17-11-15-19(12-20(17)27-9-7-25-8-10-27)28(14-5-6-14)13-16(22(15)29)23-26-18-3-1-2-4-21(18)30-23/h1-4,11-14,25H,5-10H2. The molecule has 0 radical (unpaired) electrons. The second kappa shape index (κ2) is 6.67. The Balaban J connectivity index is 1.57. The van der Waals surface area contributed by atoms with Gasteiger partial charge >= 0.3 is 0 Å². The van der Waals surface area contributed by atoms with E-state index in [9.17, 15) is 4.79 Å². The first-order chi connectivity index (χ1) is 14.7. The molecule has 1 saturated heterocycles. The number of anilines is 1. The van der Waals surface area contributed by atoms with Crippen molar-refractivity contribution in [2.75, 3.05) is 31.1 Å². The summed E-state index contributed by atoms with van der Waals surface area (Å²) in [5.41, 5.74) is 2.79. The van der Waals surface area contributed by atoms with E-state index in [1.54, 1.807) is 0 Å². The van der Waals surface area contributed by atoms with Crippen molar-refractivity contribution in [3.8, 4) is 11.5 Å². The lowest BCUT2D eigenvalue weighted by Gasteiger charge is -2.30. The Labute approximate surface area is 171 Å². The Bertz CT molecular complexity index is 1300. The van der Waals surface area contributed by atoms with E-state index in [0.717, 1.165) is 44.5 Å². The first-order valence-electron chi connectivity index (χ1n) is 10.4. The minimum absolute atomic E-state index is 0.251. The Morgan fingerprint density at radius 1 is 1.13 bits per heavy atom. The number of nitrogens with zero attached hydrogens (tertiary/aromatic N) is 3. The van der Waals surface area contributed by atoms with Crippen molar-refractivity contribution in [3.63, 3.8) is 0 Å². The fraction of sp³-hybridized carbons (Fsp3) is 0.304. The predicted molar refractivity (Wildman–Crippen MR) is 115 cm³/mol. The molecule has 2 aromatic carbocycles. The number of rotatable bonds is 3. The van der Waals surface area contributed by atoms with Crippen molar-refractivity contribution in [2.24, 2.45) is 0 Å². The van der Waals surface area contributed by atoms with Gasteiger partial charge < -0.3 is 19.2 Å². The van der Waals surface area contributed by atoms with Crippen LogP contribution < -0.4 is 15.6 Å². The average Bonchev–Trinajstić information content (AvgIpc) is 3.52. The summed E-state index contributed by atoms with van der Waals surface area (Å²) in [6.07, 6.45) is 3.93. The molecule has 2 fully saturated rings. The fourth-order valence-corrected chi connectivity index (χ4v) is 4.30. The van der Waals surface area contributed by atoms with E-state index in [4.69, 9.17) is 4.42 Å². The van der Waals surface area contributed by atoms with Crippen molar-refractivity contribution in [1.29, 1.82) is 0 Å². The normalized spacial score (nSPS) is 17.2. The van der Waals surface area contributed by atoms with E-state index in [2.05, 4.69) is 14.9 Å². The Morgan fingerprint density at radius 2 is 1.93 bits per heavy atom. The maximum atomic E-state index is 15.1. The van der Waals surface area contributed by atoms with Crippen LogP contribution >= 0.6 is 0 Å². The van der Waals surface area contributed by atoms with Crippen LogP contribution in [0.15, 0.2) is 51.8 Å². The molecule has 152 valence electrons. The highest BCUT2D eigenvalue weighted by molar-refractivity contribution is 5.87. The third kappa shape index (κ3) is 2.81. The molecule has 0 atom stereocenters. The largest absolute Gasteiger partial charge is 0.436 e. The predicted octanol–water partition coefficient (Wildman–Crippen LogP) is 3.69. The van der Waals surface area contributed by atoms with Crippen molar-refractivity contribution < 1.29 is 8.81 Å².